The molecule has 1 fully saturated rings. The first-order chi connectivity index (χ1) is 10.7. The van der Waals surface area contributed by atoms with Crippen LogP contribution in [0.15, 0.2) is 30.5 Å². The lowest BCUT2D eigenvalue weighted by Gasteiger charge is -2.14. The topological polar surface area (TPSA) is 95.0 Å². The van der Waals surface area contributed by atoms with Gasteiger partial charge in [-0.05, 0) is 30.7 Å². The third kappa shape index (κ3) is 2.79. The van der Waals surface area contributed by atoms with Crippen molar-refractivity contribution in [1.29, 1.82) is 5.26 Å². The Morgan fingerprint density at radius 3 is 3.09 bits per heavy atom. The Labute approximate surface area is 132 Å². The zero-order chi connectivity index (χ0) is 15.5. The molecule has 1 amide bonds. The molecule has 0 aliphatic carbocycles. The quantitative estimate of drug-likeness (QED) is 0.512. The van der Waals surface area contributed by atoms with Crippen molar-refractivity contribution in [3.63, 3.8) is 0 Å². The smallest absolute Gasteiger partial charge is 0.246 e. The highest BCUT2D eigenvalue weighted by atomic mass is 32.1. The molecule has 1 aliphatic rings. The van der Waals surface area contributed by atoms with Crippen LogP contribution in [0.5, 0.6) is 0 Å². The predicted octanol–water partition coefficient (Wildman–Crippen LogP) is 1.82. The number of thiazole rings is 1. The summed E-state index contributed by atoms with van der Waals surface area (Å²) in [7, 11) is 0. The van der Waals surface area contributed by atoms with Crippen LogP contribution in [-0.4, -0.2) is 24.0 Å². The Morgan fingerprint density at radius 1 is 1.55 bits per heavy atom. The highest BCUT2D eigenvalue weighted by Gasteiger charge is 2.29. The highest BCUT2D eigenvalue weighted by molar-refractivity contribution is 7.19. The van der Waals surface area contributed by atoms with Crippen LogP contribution in [0.25, 0.3) is 10.4 Å². The molecular formula is C15H15N5OS. The maximum atomic E-state index is 12.4. The summed E-state index contributed by atoms with van der Waals surface area (Å²) in [4.78, 5) is 18.6. The van der Waals surface area contributed by atoms with Crippen LogP contribution in [0.2, 0.25) is 0 Å². The van der Waals surface area contributed by atoms with Gasteiger partial charge in [0.25, 0.3) is 0 Å². The minimum atomic E-state index is -0.194. The fraction of sp³-hybridized carbons (Fsp3) is 0.267. The monoisotopic (exact) mass is 313 g/mol. The molecule has 7 heteroatoms. The van der Waals surface area contributed by atoms with Crippen molar-refractivity contribution in [2.75, 3.05) is 23.7 Å². The molecule has 2 heterocycles. The number of benzene rings is 1. The lowest BCUT2D eigenvalue weighted by atomic mass is 10.1. The summed E-state index contributed by atoms with van der Waals surface area (Å²) in [5, 5.41) is 12.8. The highest BCUT2D eigenvalue weighted by Crippen LogP contribution is 2.32. The molecule has 1 unspecified atom stereocenters. The van der Waals surface area contributed by atoms with E-state index in [0.29, 0.717) is 17.4 Å². The van der Waals surface area contributed by atoms with Gasteiger partial charge in [0.05, 0.1) is 10.8 Å². The van der Waals surface area contributed by atoms with Crippen molar-refractivity contribution in [3.05, 3.63) is 30.5 Å². The summed E-state index contributed by atoms with van der Waals surface area (Å²) in [5.41, 5.74) is 7.37. The standard InChI is InChI=1S/C15H15N5OS/c16-9-20(14(21)11-4-5-18-7-11)15-19-8-13(22-15)10-2-1-3-12(17)6-10/h1-3,6,8,11,18H,4-5,7,17H2. The van der Waals surface area contributed by atoms with Crippen molar-refractivity contribution in [2.24, 2.45) is 5.92 Å². The van der Waals surface area contributed by atoms with E-state index in [2.05, 4.69) is 10.3 Å². The summed E-state index contributed by atoms with van der Waals surface area (Å²) >= 11 is 1.31. The van der Waals surface area contributed by atoms with Gasteiger partial charge in [0.15, 0.2) is 6.19 Å². The van der Waals surface area contributed by atoms with E-state index in [-0.39, 0.29) is 11.8 Å². The minimum absolute atomic E-state index is 0.153. The first-order valence-electron chi connectivity index (χ1n) is 6.95. The predicted molar refractivity (Wildman–Crippen MR) is 86.0 cm³/mol. The number of aromatic nitrogens is 1. The molecule has 22 heavy (non-hydrogen) atoms. The summed E-state index contributed by atoms with van der Waals surface area (Å²) < 4.78 is 0. The van der Waals surface area contributed by atoms with E-state index in [0.717, 1.165) is 28.3 Å². The molecule has 0 saturated carbocycles. The van der Waals surface area contributed by atoms with Crippen LogP contribution in [-0.2, 0) is 4.79 Å². The molecule has 1 aliphatic heterocycles. The zero-order valence-corrected chi connectivity index (χ0v) is 12.6. The lowest BCUT2D eigenvalue weighted by Crippen LogP contribution is -2.33. The van der Waals surface area contributed by atoms with E-state index in [1.54, 1.807) is 6.20 Å². The van der Waals surface area contributed by atoms with Gasteiger partial charge < -0.3 is 11.1 Å². The summed E-state index contributed by atoms with van der Waals surface area (Å²) in [6.07, 6.45) is 4.37. The number of carbonyl (C=O) groups excluding carboxylic acids is 1. The number of nitriles is 1. The second kappa shape index (κ2) is 6.13. The van der Waals surface area contributed by atoms with Crippen molar-refractivity contribution in [1.82, 2.24) is 10.3 Å². The number of nitrogens with one attached hydrogen (secondary N) is 1. The Hall–Kier alpha value is -2.43. The van der Waals surface area contributed by atoms with Gasteiger partial charge in [-0.1, -0.05) is 23.5 Å². The van der Waals surface area contributed by atoms with Gasteiger partial charge in [-0.15, -0.1) is 0 Å². The van der Waals surface area contributed by atoms with Crippen LogP contribution in [0.1, 0.15) is 6.42 Å². The molecule has 1 aromatic heterocycles. The van der Waals surface area contributed by atoms with E-state index in [4.69, 9.17) is 5.73 Å². The maximum Gasteiger partial charge on any atom is 0.246 e. The first-order valence-corrected chi connectivity index (χ1v) is 7.77. The number of hydrogen-bond donors (Lipinski definition) is 2. The van der Waals surface area contributed by atoms with Gasteiger partial charge in [0.2, 0.25) is 11.0 Å². The maximum absolute atomic E-state index is 12.4. The normalized spacial score (nSPS) is 17.1. The molecule has 0 bridgehead atoms. The summed E-state index contributed by atoms with van der Waals surface area (Å²) in [6.45, 7) is 1.42. The number of nitrogen functional groups attached to an aromatic ring is 1. The molecule has 0 radical (unpaired) electrons. The van der Waals surface area contributed by atoms with Crippen LogP contribution in [0.4, 0.5) is 10.8 Å². The molecule has 2 aromatic rings. The van der Waals surface area contributed by atoms with Crippen LogP contribution < -0.4 is 16.0 Å². The molecule has 112 valence electrons. The fourth-order valence-corrected chi connectivity index (χ4v) is 3.30. The number of rotatable bonds is 3. The second-order valence-electron chi connectivity index (χ2n) is 5.10. The van der Waals surface area contributed by atoms with Crippen LogP contribution in [0, 0.1) is 17.4 Å². The third-order valence-corrected chi connectivity index (χ3v) is 4.62. The Kier molecular flexibility index (Phi) is 4.04. The molecular weight excluding hydrogens is 298 g/mol. The van der Waals surface area contributed by atoms with Crippen molar-refractivity contribution >= 4 is 28.1 Å². The second-order valence-corrected chi connectivity index (χ2v) is 6.11. The molecule has 3 rings (SSSR count). The number of hydrogen-bond acceptors (Lipinski definition) is 6. The molecule has 6 nitrogen and oxygen atoms in total. The van der Waals surface area contributed by atoms with Gasteiger partial charge >= 0.3 is 0 Å². The van der Waals surface area contributed by atoms with E-state index >= 15 is 0 Å². The number of nitrogens with two attached hydrogens (primary N) is 1. The SMILES string of the molecule is N#CN(C(=O)C1CCNC1)c1ncc(-c2cccc(N)c2)s1. The largest absolute Gasteiger partial charge is 0.399 e. The number of carbonyl (C=O) groups is 1. The average Bonchev–Trinajstić information content (AvgIpc) is 3.20. The minimum Gasteiger partial charge on any atom is -0.399 e. The Morgan fingerprint density at radius 2 is 2.41 bits per heavy atom. The van der Waals surface area contributed by atoms with Crippen LogP contribution in [0.3, 0.4) is 0 Å². The van der Waals surface area contributed by atoms with Gasteiger partial charge in [-0.25, -0.2) is 4.98 Å². The van der Waals surface area contributed by atoms with Gasteiger partial charge in [-0.2, -0.15) is 10.2 Å². The molecule has 1 aromatic carbocycles. The number of anilines is 2. The number of nitrogens with zero attached hydrogens (tertiary/aromatic N) is 3. The van der Waals surface area contributed by atoms with Crippen LogP contribution >= 0.6 is 11.3 Å². The fourth-order valence-electron chi connectivity index (χ4n) is 2.43. The summed E-state index contributed by atoms with van der Waals surface area (Å²) in [6, 6.07) is 7.44. The third-order valence-electron chi connectivity index (χ3n) is 3.59. The van der Waals surface area contributed by atoms with Gasteiger partial charge in [0.1, 0.15) is 0 Å². The van der Waals surface area contributed by atoms with E-state index in [9.17, 15) is 10.1 Å². The molecule has 1 atom stereocenters. The lowest BCUT2D eigenvalue weighted by molar-refractivity contribution is -0.121. The van der Waals surface area contributed by atoms with Crippen molar-refractivity contribution < 1.29 is 4.79 Å². The Balaban J connectivity index is 1.85. The zero-order valence-electron chi connectivity index (χ0n) is 11.8. The average molecular weight is 313 g/mol. The van der Waals surface area contributed by atoms with E-state index in [1.807, 2.05) is 30.5 Å². The van der Waals surface area contributed by atoms with E-state index < -0.39 is 0 Å². The first kappa shape index (κ1) is 14.5. The molecule has 1 saturated heterocycles. The number of amides is 1. The van der Waals surface area contributed by atoms with Gasteiger partial charge in [-0.3, -0.25) is 4.79 Å². The molecule has 0 spiro atoms. The van der Waals surface area contributed by atoms with Crippen molar-refractivity contribution in [2.45, 2.75) is 6.42 Å². The van der Waals surface area contributed by atoms with E-state index in [1.165, 1.54) is 11.3 Å². The molecule has 3 N–H and O–H groups in total. The van der Waals surface area contributed by atoms with Gasteiger partial charge in [0, 0.05) is 18.4 Å². The summed E-state index contributed by atoms with van der Waals surface area (Å²) in [5.74, 6) is -0.347. The Bertz CT molecular complexity index is 730. The van der Waals surface area contributed by atoms with Crippen molar-refractivity contribution in [3.8, 4) is 16.6 Å².